The Morgan fingerprint density at radius 1 is 1.22 bits per heavy atom. The zero-order valence-electron chi connectivity index (χ0n) is 15.2. The van der Waals surface area contributed by atoms with Gasteiger partial charge in [0.2, 0.25) is 5.91 Å². The van der Waals surface area contributed by atoms with Crippen LogP contribution in [0.4, 0.5) is 5.69 Å². The molecule has 3 aromatic rings. The number of aromatic nitrogens is 1. The van der Waals surface area contributed by atoms with Crippen molar-refractivity contribution in [3.8, 4) is 0 Å². The number of anilines is 1. The molecule has 0 saturated carbocycles. The first-order valence-electron chi connectivity index (χ1n) is 9.07. The van der Waals surface area contributed by atoms with Gasteiger partial charge in [0, 0.05) is 64.4 Å². The number of rotatable bonds is 6. The molecular formula is C21H22N4OS. The van der Waals surface area contributed by atoms with Crippen molar-refractivity contribution in [1.82, 2.24) is 15.6 Å². The van der Waals surface area contributed by atoms with Crippen molar-refractivity contribution in [2.45, 2.75) is 12.8 Å². The lowest BCUT2D eigenvalue weighted by molar-refractivity contribution is -0.117. The third kappa shape index (κ3) is 4.02. The first-order valence-corrected chi connectivity index (χ1v) is 9.89. The second-order valence-corrected chi connectivity index (χ2v) is 7.75. The first kappa shape index (κ1) is 17.7. The summed E-state index contributed by atoms with van der Waals surface area (Å²) in [5.41, 5.74) is 3.74. The van der Waals surface area contributed by atoms with Gasteiger partial charge in [-0.3, -0.25) is 9.78 Å². The van der Waals surface area contributed by atoms with Crippen LogP contribution >= 0.6 is 11.3 Å². The third-order valence-corrected chi connectivity index (χ3v) is 5.71. The van der Waals surface area contributed by atoms with Gasteiger partial charge in [-0.15, -0.1) is 11.3 Å². The van der Waals surface area contributed by atoms with Crippen molar-refractivity contribution in [3.05, 3.63) is 70.5 Å². The van der Waals surface area contributed by atoms with Gasteiger partial charge in [-0.25, -0.2) is 0 Å². The monoisotopic (exact) mass is 378 g/mol. The smallest absolute Gasteiger partial charge is 0.250 e. The Kier molecular flexibility index (Phi) is 5.18. The normalized spacial score (nSPS) is 14.5. The quantitative estimate of drug-likeness (QED) is 0.616. The van der Waals surface area contributed by atoms with Crippen LogP contribution in [0.2, 0.25) is 0 Å². The van der Waals surface area contributed by atoms with E-state index in [-0.39, 0.29) is 5.91 Å². The highest BCUT2D eigenvalue weighted by Gasteiger charge is 2.19. The fraction of sp³-hybridized carbons (Fsp3) is 0.238. The van der Waals surface area contributed by atoms with Crippen LogP contribution in [0.15, 0.2) is 59.9 Å². The summed E-state index contributed by atoms with van der Waals surface area (Å²) in [5, 5.41) is 10.7. The van der Waals surface area contributed by atoms with Gasteiger partial charge in [0.25, 0.3) is 0 Å². The predicted molar refractivity (Wildman–Crippen MR) is 111 cm³/mol. The van der Waals surface area contributed by atoms with Crippen LogP contribution in [-0.4, -0.2) is 31.0 Å². The van der Waals surface area contributed by atoms with Crippen molar-refractivity contribution in [1.29, 1.82) is 0 Å². The molecule has 0 atom stereocenters. The number of hydrogen-bond acceptors (Lipinski definition) is 5. The van der Waals surface area contributed by atoms with Gasteiger partial charge in [-0.2, -0.15) is 0 Å². The Morgan fingerprint density at radius 3 is 2.96 bits per heavy atom. The number of pyridine rings is 1. The molecule has 0 bridgehead atoms. The maximum Gasteiger partial charge on any atom is 0.250 e. The summed E-state index contributed by atoms with van der Waals surface area (Å²) in [6, 6.07) is 14.7. The van der Waals surface area contributed by atoms with Crippen LogP contribution in [0, 0.1) is 0 Å². The fourth-order valence-corrected chi connectivity index (χ4v) is 4.41. The molecule has 4 rings (SSSR count). The number of hydrogen-bond donors (Lipinski definition) is 3. The molecule has 5 nitrogen and oxygen atoms in total. The maximum atomic E-state index is 12.1. The van der Waals surface area contributed by atoms with E-state index < -0.39 is 0 Å². The SMILES string of the molecule is CNCC1=C(Nc2ccnc(Cc3cc4ccccc4s3)c2)CCNC1=O. The summed E-state index contributed by atoms with van der Waals surface area (Å²) in [6.07, 6.45) is 3.43. The highest BCUT2D eigenvalue weighted by Crippen LogP contribution is 2.27. The van der Waals surface area contributed by atoms with E-state index in [0.29, 0.717) is 13.1 Å². The van der Waals surface area contributed by atoms with E-state index in [1.165, 1.54) is 15.0 Å². The van der Waals surface area contributed by atoms with Crippen LogP contribution in [0.5, 0.6) is 0 Å². The second-order valence-electron chi connectivity index (χ2n) is 6.58. The topological polar surface area (TPSA) is 66.1 Å². The molecule has 6 heteroatoms. The lowest BCUT2D eigenvalue weighted by Crippen LogP contribution is -2.36. The average Bonchev–Trinajstić information content (AvgIpc) is 3.07. The Labute approximate surface area is 162 Å². The fourth-order valence-electron chi connectivity index (χ4n) is 3.33. The number of fused-ring (bicyclic) bond motifs is 1. The van der Waals surface area contributed by atoms with Gasteiger partial charge < -0.3 is 16.0 Å². The highest BCUT2D eigenvalue weighted by molar-refractivity contribution is 7.19. The van der Waals surface area contributed by atoms with Crippen molar-refractivity contribution in [3.63, 3.8) is 0 Å². The molecule has 3 heterocycles. The van der Waals surface area contributed by atoms with E-state index >= 15 is 0 Å². The van der Waals surface area contributed by atoms with Gasteiger partial charge in [-0.1, -0.05) is 18.2 Å². The second kappa shape index (κ2) is 7.90. The molecule has 0 radical (unpaired) electrons. The van der Waals surface area contributed by atoms with Crippen molar-refractivity contribution < 1.29 is 4.79 Å². The number of carbonyl (C=O) groups excluding carboxylic acids is 1. The molecule has 2 aromatic heterocycles. The highest BCUT2D eigenvalue weighted by atomic mass is 32.1. The lowest BCUT2D eigenvalue weighted by atomic mass is 10.1. The molecule has 0 saturated heterocycles. The minimum absolute atomic E-state index is 0.00217. The molecule has 0 spiro atoms. The number of thiophene rings is 1. The molecule has 1 aromatic carbocycles. The molecule has 27 heavy (non-hydrogen) atoms. The predicted octanol–water partition coefficient (Wildman–Crippen LogP) is 3.29. The van der Waals surface area contributed by atoms with E-state index in [4.69, 9.17) is 0 Å². The lowest BCUT2D eigenvalue weighted by Gasteiger charge is -2.22. The molecule has 3 N–H and O–H groups in total. The number of likely N-dealkylation sites (N-methyl/N-ethyl adjacent to an activating group) is 1. The summed E-state index contributed by atoms with van der Waals surface area (Å²) < 4.78 is 1.30. The zero-order valence-corrected chi connectivity index (χ0v) is 16.0. The molecule has 0 aliphatic carbocycles. The summed E-state index contributed by atoms with van der Waals surface area (Å²) in [6.45, 7) is 1.21. The van der Waals surface area contributed by atoms with Crippen LogP contribution < -0.4 is 16.0 Å². The van der Waals surface area contributed by atoms with Crippen molar-refractivity contribution >= 4 is 33.0 Å². The van der Waals surface area contributed by atoms with Gasteiger partial charge >= 0.3 is 0 Å². The van der Waals surface area contributed by atoms with Gasteiger partial charge in [0.15, 0.2) is 0 Å². The minimum atomic E-state index is -0.00217. The third-order valence-electron chi connectivity index (χ3n) is 4.60. The van der Waals surface area contributed by atoms with Gasteiger partial charge in [-0.05, 0) is 36.7 Å². The summed E-state index contributed by atoms with van der Waals surface area (Å²) in [7, 11) is 1.85. The standard InChI is InChI=1S/C21H22N4OS/c1-22-13-18-19(7-9-24-21(18)26)25-15-6-8-23-16(11-15)12-17-10-14-4-2-3-5-20(14)27-17/h2-6,8,10-11,22H,7,9,12-13H2,1H3,(H,23,25)(H,24,26). The molecule has 138 valence electrons. The Morgan fingerprint density at radius 2 is 2.11 bits per heavy atom. The van der Waals surface area contributed by atoms with Crippen LogP contribution in [-0.2, 0) is 11.2 Å². The number of nitrogens with zero attached hydrogens (tertiary/aromatic N) is 1. The van der Waals surface area contributed by atoms with Crippen LogP contribution in [0.1, 0.15) is 17.0 Å². The number of carbonyl (C=O) groups is 1. The van der Waals surface area contributed by atoms with Gasteiger partial charge in [0.05, 0.1) is 0 Å². The van der Waals surface area contributed by atoms with E-state index in [1.54, 1.807) is 0 Å². The molecule has 1 aliphatic rings. The van der Waals surface area contributed by atoms with Crippen LogP contribution in [0.3, 0.4) is 0 Å². The molecular weight excluding hydrogens is 356 g/mol. The largest absolute Gasteiger partial charge is 0.358 e. The average molecular weight is 379 g/mol. The molecule has 1 amide bonds. The first-order chi connectivity index (χ1) is 13.2. The molecule has 1 aliphatic heterocycles. The number of benzene rings is 1. The van der Waals surface area contributed by atoms with Gasteiger partial charge in [0.1, 0.15) is 0 Å². The molecule has 0 fully saturated rings. The van der Waals surface area contributed by atoms with E-state index in [1.807, 2.05) is 30.6 Å². The van der Waals surface area contributed by atoms with E-state index in [0.717, 1.165) is 35.5 Å². The summed E-state index contributed by atoms with van der Waals surface area (Å²) >= 11 is 1.81. The van der Waals surface area contributed by atoms with Crippen molar-refractivity contribution in [2.75, 3.05) is 25.5 Å². The number of amides is 1. The Hall–Kier alpha value is -2.70. The minimum Gasteiger partial charge on any atom is -0.358 e. The van der Waals surface area contributed by atoms with E-state index in [2.05, 4.69) is 57.3 Å². The summed E-state index contributed by atoms with van der Waals surface area (Å²) in [4.78, 5) is 17.9. The maximum absolute atomic E-state index is 12.1. The Balaban J connectivity index is 1.55. The Bertz CT molecular complexity index is 975. The molecule has 0 unspecified atom stereocenters. The zero-order chi connectivity index (χ0) is 18.6. The summed E-state index contributed by atoms with van der Waals surface area (Å²) in [5.74, 6) is -0.00217. The number of nitrogens with one attached hydrogen (secondary N) is 3. The van der Waals surface area contributed by atoms with Crippen LogP contribution in [0.25, 0.3) is 10.1 Å². The van der Waals surface area contributed by atoms with Crippen molar-refractivity contribution in [2.24, 2.45) is 0 Å². The van der Waals surface area contributed by atoms with E-state index in [9.17, 15) is 4.79 Å².